The van der Waals surface area contributed by atoms with Crippen molar-refractivity contribution >= 4 is 27.7 Å². The Morgan fingerprint density at radius 1 is 1.08 bits per heavy atom. The number of carbonyl (C=O) groups is 1. The van der Waals surface area contributed by atoms with Gasteiger partial charge in [-0.1, -0.05) is 22.0 Å². The monoisotopic (exact) mass is 585 g/mol. The maximum Gasteiger partial charge on any atom is 0.427 e. The van der Waals surface area contributed by atoms with Crippen LogP contribution in [0, 0.1) is 5.41 Å². The zero-order valence-electron chi connectivity index (χ0n) is 21.3. The van der Waals surface area contributed by atoms with Gasteiger partial charge in [-0.25, -0.2) is 9.18 Å². The summed E-state index contributed by atoms with van der Waals surface area (Å²) in [6.45, 7) is 2.00. The second-order valence-electron chi connectivity index (χ2n) is 11.7. The summed E-state index contributed by atoms with van der Waals surface area (Å²) in [6.07, 6.45) is 0.365. The third kappa shape index (κ3) is 4.79. The van der Waals surface area contributed by atoms with E-state index in [1.807, 2.05) is 17.8 Å². The van der Waals surface area contributed by atoms with Crippen LogP contribution in [0.2, 0.25) is 0 Å². The lowest BCUT2D eigenvalue weighted by atomic mass is 9.52. The second-order valence-corrected chi connectivity index (χ2v) is 12.6. The van der Waals surface area contributed by atoms with Crippen LogP contribution in [0.25, 0.3) is 0 Å². The average molecular weight is 586 g/mol. The molecule has 1 amide bonds. The Morgan fingerprint density at radius 3 is 2.24 bits per heavy atom. The minimum atomic E-state index is -4.69. The third-order valence-electron chi connectivity index (χ3n) is 8.83. The maximum atomic E-state index is 14.7. The van der Waals surface area contributed by atoms with Crippen molar-refractivity contribution < 1.29 is 27.1 Å². The van der Waals surface area contributed by atoms with E-state index in [9.17, 15) is 22.4 Å². The van der Waals surface area contributed by atoms with Crippen LogP contribution >= 0.6 is 15.9 Å². The highest BCUT2D eigenvalue weighted by Crippen LogP contribution is 2.59. The predicted molar refractivity (Wildman–Crippen MR) is 135 cm³/mol. The molecule has 5 nitrogen and oxygen atoms in total. The molecule has 0 saturated heterocycles. The number of aryl methyl sites for hydroxylation is 1. The zero-order valence-corrected chi connectivity index (χ0v) is 22.9. The first kappa shape index (κ1) is 26.5. The summed E-state index contributed by atoms with van der Waals surface area (Å²) in [5.41, 5.74) is -2.14. The van der Waals surface area contributed by atoms with Gasteiger partial charge in [0.05, 0.1) is 5.69 Å². The van der Waals surface area contributed by atoms with Gasteiger partial charge in [-0.3, -0.25) is 9.58 Å². The highest BCUT2D eigenvalue weighted by atomic mass is 79.9. The quantitative estimate of drug-likeness (QED) is 0.326. The lowest BCUT2D eigenvalue weighted by Crippen LogP contribution is -2.53. The van der Waals surface area contributed by atoms with Crippen molar-refractivity contribution in [2.24, 2.45) is 12.5 Å². The lowest BCUT2D eigenvalue weighted by molar-refractivity contribution is -0.243. The van der Waals surface area contributed by atoms with Gasteiger partial charge in [-0.05, 0) is 94.9 Å². The fourth-order valence-corrected chi connectivity index (χ4v) is 6.39. The molecule has 4 fully saturated rings. The Labute approximate surface area is 222 Å². The first-order valence-electron chi connectivity index (χ1n) is 12.7. The Bertz CT molecular complexity index is 1180. The number of anilines is 1. The van der Waals surface area contributed by atoms with Gasteiger partial charge in [0.2, 0.25) is 5.60 Å². The summed E-state index contributed by atoms with van der Waals surface area (Å²) in [4.78, 5) is 14.6. The Hall–Kier alpha value is -2.10. The van der Waals surface area contributed by atoms with Crippen LogP contribution in [0.15, 0.2) is 34.8 Å². The van der Waals surface area contributed by atoms with Crippen molar-refractivity contribution in [3.8, 4) is 0 Å². The van der Waals surface area contributed by atoms with Crippen LogP contribution in [0.5, 0.6) is 0 Å². The number of amides is 1. The fourth-order valence-electron chi connectivity index (χ4n) is 6.01. The smallest absolute Gasteiger partial charge is 0.427 e. The molecule has 1 aromatic carbocycles. The van der Waals surface area contributed by atoms with Crippen LogP contribution < -0.4 is 4.90 Å². The van der Waals surface area contributed by atoms with Crippen LogP contribution in [0.4, 0.5) is 28.0 Å². The van der Waals surface area contributed by atoms with Crippen molar-refractivity contribution in [2.75, 3.05) is 11.4 Å². The van der Waals surface area contributed by atoms with Crippen molar-refractivity contribution in [3.63, 3.8) is 0 Å². The second kappa shape index (κ2) is 8.71. The highest BCUT2D eigenvalue weighted by molar-refractivity contribution is 9.10. The minimum absolute atomic E-state index is 0.0909. The van der Waals surface area contributed by atoms with E-state index in [0.29, 0.717) is 24.2 Å². The molecule has 37 heavy (non-hydrogen) atoms. The molecule has 0 spiro atoms. The molecule has 0 radical (unpaired) electrons. The molecule has 0 atom stereocenters. The molecular weight excluding hydrogens is 554 g/mol. The molecule has 2 aromatic rings. The van der Waals surface area contributed by atoms with E-state index in [-0.39, 0.29) is 17.4 Å². The molecule has 0 unspecified atom stereocenters. The standard InChI is InChI=1S/C27H32BrF4N3O2/c1-23(2,27(30,31)32)37-22(36)35(19-6-4-5-18(28)15-19)17-24-7-10-25(11-8-24,12-9-24)21-16-20(33-34(21)3)26(29)13-14-26/h4-6,15-16H,7-14,17H2,1-3H3. The molecule has 10 heteroatoms. The largest absolute Gasteiger partial charge is 0.433 e. The fraction of sp³-hybridized carbons (Fsp3) is 0.630. The Balaban J connectivity index is 1.37. The number of aromatic nitrogens is 2. The summed E-state index contributed by atoms with van der Waals surface area (Å²) >= 11 is 3.40. The van der Waals surface area contributed by atoms with Crippen LogP contribution in [0.1, 0.15) is 76.6 Å². The molecule has 202 valence electrons. The van der Waals surface area contributed by atoms with E-state index >= 15 is 0 Å². The molecule has 4 aliphatic carbocycles. The molecular formula is C27H32BrF4N3O2. The first-order valence-corrected chi connectivity index (χ1v) is 13.5. The molecule has 0 aliphatic heterocycles. The number of hydrogen-bond donors (Lipinski definition) is 0. The van der Waals surface area contributed by atoms with Gasteiger partial charge in [0.25, 0.3) is 0 Å². The normalized spacial score (nSPS) is 26.7. The van der Waals surface area contributed by atoms with Gasteiger partial charge in [0.1, 0.15) is 0 Å². The zero-order chi connectivity index (χ0) is 26.9. The number of alkyl halides is 4. The molecule has 6 rings (SSSR count). The van der Waals surface area contributed by atoms with Crippen molar-refractivity contribution in [2.45, 2.75) is 88.1 Å². The molecule has 1 heterocycles. The van der Waals surface area contributed by atoms with E-state index in [4.69, 9.17) is 4.74 Å². The number of nitrogens with zero attached hydrogens (tertiary/aromatic N) is 3. The summed E-state index contributed by atoms with van der Waals surface area (Å²) in [5, 5.41) is 4.50. The number of hydrogen-bond acceptors (Lipinski definition) is 3. The van der Waals surface area contributed by atoms with E-state index in [0.717, 1.165) is 62.5 Å². The summed E-state index contributed by atoms with van der Waals surface area (Å²) in [5.74, 6) is 0. The van der Waals surface area contributed by atoms with Gasteiger partial charge in [-0.15, -0.1) is 0 Å². The van der Waals surface area contributed by atoms with Crippen LogP contribution in [-0.4, -0.2) is 34.2 Å². The van der Waals surface area contributed by atoms with Crippen molar-refractivity contribution in [3.05, 3.63) is 46.2 Å². The number of rotatable bonds is 6. The van der Waals surface area contributed by atoms with Crippen LogP contribution in [-0.2, 0) is 22.9 Å². The SMILES string of the molecule is Cn1nc(C2(F)CC2)cc1C12CCC(CN(C(=O)OC(C)(C)C(F)(F)F)c3cccc(Br)c3)(CC1)CC2. The van der Waals surface area contributed by atoms with Gasteiger partial charge in [-0.2, -0.15) is 18.3 Å². The Kier molecular flexibility index (Phi) is 6.24. The van der Waals surface area contributed by atoms with E-state index in [1.165, 1.54) is 4.90 Å². The average Bonchev–Trinajstić information content (AvgIpc) is 3.45. The number of halogens is 5. The maximum absolute atomic E-state index is 14.7. The van der Waals surface area contributed by atoms with E-state index in [1.54, 1.807) is 24.3 Å². The number of fused-ring (bicyclic) bond motifs is 3. The third-order valence-corrected chi connectivity index (χ3v) is 9.33. The predicted octanol–water partition coefficient (Wildman–Crippen LogP) is 7.72. The van der Waals surface area contributed by atoms with Crippen LogP contribution in [0.3, 0.4) is 0 Å². The molecule has 4 aliphatic rings. The van der Waals surface area contributed by atoms with E-state index < -0.39 is 23.5 Å². The van der Waals surface area contributed by atoms with Gasteiger partial charge in [0, 0.05) is 34.9 Å². The lowest BCUT2D eigenvalue weighted by Gasteiger charge is -2.54. The summed E-state index contributed by atoms with van der Waals surface area (Å²) < 4.78 is 62.8. The summed E-state index contributed by atoms with van der Waals surface area (Å²) in [7, 11) is 1.88. The number of ether oxygens (including phenoxy) is 1. The number of carbonyl (C=O) groups excluding carboxylic acids is 1. The van der Waals surface area contributed by atoms with Crippen molar-refractivity contribution in [1.82, 2.24) is 9.78 Å². The Morgan fingerprint density at radius 2 is 1.70 bits per heavy atom. The van der Waals surface area contributed by atoms with Gasteiger partial charge >= 0.3 is 12.3 Å². The molecule has 1 aromatic heterocycles. The molecule has 4 saturated carbocycles. The topological polar surface area (TPSA) is 47.4 Å². The van der Waals surface area contributed by atoms with E-state index in [2.05, 4.69) is 21.0 Å². The van der Waals surface area contributed by atoms with Gasteiger partial charge in [0.15, 0.2) is 5.67 Å². The first-order chi connectivity index (χ1) is 17.2. The number of benzene rings is 1. The highest BCUT2D eigenvalue weighted by Gasteiger charge is 2.55. The van der Waals surface area contributed by atoms with Crippen molar-refractivity contribution in [1.29, 1.82) is 0 Å². The summed E-state index contributed by atoms with van der Waals surface area (Å²) in [6, 6.07) is 8.91. The molecule has 2 bridgehead atoms. The minimum Gasteiger partial charge on any atom is -0.433 e. The molecule has 0 N–H and O–H groups in total. The van der Waals surface area contributed by atoms with Gasteiger partial charge < -0.3 is 4.74 Å².